The summed E-state index contributed by atoms with van der Waals surface area (Å²) >= 11 is 0. The molecule has 0 aliphatic rings. The van der Waals surface area contributed by atoms with E-state index in [1.165, 1.54) is 116 Å². The number of hydrogen-bond donors (Lipinski definition) is 1. The average Bonchev–Trinajstić information content (AvgIpc) is 2.68. The summed E-state index contributed by atoms with van der Waals surface area (Å²) in [6.07, 6.45) is 27.1. The molecular formula is C25H48O3. The van der Waals surface area contributed by atoms with Gasteiger partial charge in [-0.25, -0.2) is 4.79 Å². The van der Waals surface area contributed by atoms with Crippen molar-refractivity contribution in [2.45, 2.75) is 135 Å². The largest absolute Gasteiger partial charge is 0.502 e. The molecule has 1 N–H and O–H groups in total. The summed E-state index contributed by atoms with van der Waals surface area (Å²) in [5.74, 6) is -1.20. The zero-order valence-corrected chi connectivity index (χ0v) is 18.8. The van der Waals surface area contributed by atoms with Gasteiger partial charge in [0.15, 0.2) is 5.76 Å². The minimum atomic E-state index is -0.696. The van der Waals surface area contributed by atoms with Crippen LogP contribution in [0, 0.1) is 0 Å². The number of aliphatic hydroxyl groups excluding tert-OH is 1. The Hall–Kier alpha value is -0.990. The van der Waals surface area contributed by atoms with Crippen LogP contribution in [0.4, 0.5) is 0 Å². The fraction of sp³-hybridized carbons (Fsp3) is 0.880. The summed E-state index contributed by atoms with van der Waals surface area (Å²) in [6, 6.07) is 0. The summed E-state index contributed by atoms with van der Waals surface area (Å²) in [5, 5.41) is 8.82. The number of esters is 1. The molecule has 0 aromatic carbocycles. The van der Waals surface area contributed by atoms with E-state index in [0.29, 0.717) is 6.61 Å². The number of aliphatic hydroxyl groups is 1. The maximum Gasteiger partial charge on any atom is 0.372 e. The van der Waals surface area contributed by atoms with Gasteiger partial charge in [0, 0.05) is 0 Å². The van der Waals surface area contributed by atoms with Crippen LogP contribution in [0.25, 0.3) is 0 Å². The van der Waals surface area contributed by atoms with Gasteiger partial charge in [-0.15, -0.1) is 0 Å². The molecule has 0 saturated heterocycles. The Morgan fingerprint density at radius 2 is 0.893 bits per heavy atom. The Balaban J connectivity index is 3.05. The average molecular weight is 397 g/mol. The van der Waals surface area contributed by atoms with Gasteiger partial charge in [0.05, 0.1) is 6.61 Å². The van der Waals surface area contributed by atoms with Gasteiger partial charge in [-0.1, -0.05) is 129 Å². The van der Waals surface area contributed by atoms with Crippen molar-refractivity contribution in [1.29, 1.82) is 0 Å². The Morgan fingerprint density at radius 3 is 1.18 bits per heavy atom. The molecule has 0 fully saturated rings. The van der Waals surface area contributed by atoms with Crippen LogP contribution in [-0.4, -0.2) is 17.7 Å². The van der Waals surface area contributed by atoms with Crippen molar-refractivity contribution in [2.24, 2.45) is 0 Å². The number of ether oxygens (including phenoxy) is 1. The van der Waals surface area contributed by atoms with Crippen molar-refractivity contribution in [2.75, 3.05) is 6.61 Å². The van der Waals surface area contributed by atoms with Crippen LogP contribution in [0.3, 0.4) is 0 Å². The van der Waals surface area contributed by atoms with Gasteiger partial charge in [-0.3, -0.25) is 0 Å². The lowest BCUT2D eigenvalue weighted by molar-refractivity contribution is -0.142. The van der Waals surface area contributed by atoms with Crippen molar-refractivity contribution in [3.63, 3.8) is 0 Å². The van der Waals surface area contributed by atoms with Crippen molar-refractivity contribution in [3.8, 4) is 0 Å². The second-order valence-corrected chi connectivity index (χ2v) is 8.30. The van der Waals surface area contributed by atoms with E-state index in [9.17, 15) is 4.79 Å². The Kier molecular flexibility index (Phi) is 21.5. The molecule has 0 heterocycles. The highest BCUT2D eigenvalue weighted by Crippen LogP contribution is 2.14. The summed E-state index contributed by atoms with van der Waals surface area (Å²) in [5.41, 5.74) is 0. The highest BCUT2D eigenvalue weighted by molar-refractivity contribution is 5.84. The highest BCUT2D eigenvalue weighted by Gasteiger charge is 2.04. The molecule has 0 aliphatic heterocycles. The minimum absolute atomic E-state index is 0.386. The van der Waals surface area contributed by atoms with Gasteiger partial charge < -0.3 is 9.84 Å². The van der Waals surface area contributed by atoms with Crippen LogP contribution < -0.4 is 0 Å². The van der Waals surface area contributed by atoms with E-state index in [1.807, 2.05) is 0 Å². The molecule has 0 unspecified atom stereocenters. The third-order valence-electron chi connectivity index (χ3n) is 5.47. The Labute approximate surface area is 175 Å². The third kappa shape index (κ3) is 21.3. The van der Waals surface area contributed by atoms with Crippen LogP contribution >= 0.6 is 0 Å². The summed E-state index contributed by atoms with van der Waals surface area (Å²) in [6.45, 7) is 5.81. The number of carbonyl (C=O) groups is 1. The smallest absolute Gasteiger partial charge is 0.372 e. The molecule has 0 aromatic rings. The molecule has 0 saturated carbocycles. The van der Waals surface area contributed by atoms with Crippen LogP contribution in [0.2, 0.25) is 0 Å². The standard InChI is InChI=1S/C25H48O3/c1-3-4-5-6-7-8-9-10-11-12-13-14-15-16-17-18-19-20-21-22-23-28-25(27)24(2)26/h26H,2-23H2,1H3. The molecule has 0 amide bonds. The Morgan fingerprint density at radius 1 is 0.607 bits per heavy atom. The number of rotatable bonds is 22. The van der Waals surface area contributed by atoms with Crippen LogP contribution in [0.1, 0.15) is 135 Å². The van der Waals surface area contributed by atoms with Crippen molar-refractivity contribution < 1.29 is 14.6 Å². The van der Waals surface area contributed by atoms with Gasteiger partial charge in [-0.2, -0.15) is 0 Å². The quantitative estimate of drug-likeness (QED) is 0.0864. The first-order chi connectivity index (χ1) is 13.7. The van der Waals surface area contributed by atoms with Gasteiger partial charge in [0.25, 0.3) is 0 Å². The van der Waals surface area contributed by atoms with E-state index in [0.717, 1.165) is 12.8 Å². The molecule has 0 rings (SSSR count). The minimum Gasteiger partial charge on any atom is -0.502 e. The number of hydrogen-bond acceptors (Lipinski definition) is 3. The first-order valence-electron chi connectivity index (χ1n) is 12.2. The molecule has 28 heavy (non-hydrogen) atoms. The molecule has 0 bridgehead atoms. The first-order valence-corrected chi connectivity index (χ1v) is 12.2. The molecule has 3 nitrogen and oxygen atoms in total. The van der Waals surface area contributed by atoms with Gasteiger partial charge in [0.2, 0.25) is 0 Å². The fourth-order valence-corrected chi connectivity index (χ4v) is 3.61. The zero-order valence-electron chi connectivity index (χ0n) is 18.8. The predicted octanol–water partition coefficient (Wildman–Crippen LogP) is 8.42. The molecule has 0 aliphatic carbocycles. The summed E-state index contributed by atoms with van der Waals surface area (Å²) < 4.78 is 4.85. The third-order valence-corrected chi connectivity index (χ3v) is 5.47. The van der Waals surface area contributed by atoms with Gasteiger partial charge in [-0.05, 0) is 13.0 Å². The monoisotopic (exact) mass is 396 g/mol. The normalized spacial score (nSPS) is 10.9. The van der Waals surface area contributed by atoms with Gasteiger partial charge in [0.1, 0.15) is 0 Å². The summed E-state index contributed by atoms with van der Waals surface area (Å²) in [4.78, 5) is 11.0. The van der Waals surface area contributed by atoms with E-state index < -0.39 is 11.7 Å². The van der Waals surface area contributed by atoms with Gasteiger partial charge >= 0.3 is 5.97 Å². The molecule has 166 valence electrons. The Bertz CT molecular complexity index is 352. The maximum absolute atomic E-state index is 11.0. The second kappa shape index (κ2) is 22.3. The SMILES string of the molecule is C=C(O)C(=O)OCCCCCCCCCCCCCCCCCCCCCC. The van der Waals surface area contributed by atoms with E-state index in [2.05, 4.69) is 13.5 Å². The second-order valence-electron chi connectivity index (χ2n) is 8.30. The molecule has 0 radical (unpaired) electrons. The molecule has 0 atom stereocenters. The first kappa shape index (κ1) is 27.0. The molecule has 3 heteroatoms. The van der Waals surface area contributed by atoms with E-state index >= 15 is 0 Å². The zero-order chi connectivity index (χ0) is 20.7. The van der Waals surface area contributed by atoms with E-state index in [-0.39, 0.29) is 0 Å². The van der Waals surface area contributed by atoms with Crippen LogP contribution in [0.15, 0.2) is 12.3 Å². The molecule has 0 spiro atoms. The number of carbonyl (C=O) groups excluding carboxylic acids is 1. The lowest BCUT2D eigenvalue weighted by atomic mass is 10.0. The number of unbranched alkanes of at least 4 members (excludes halogenated alkanes) is 19. The fourth-order valence-electron chi connectivity index (χ4n) is 3.61. The van der Waals surface area contributed by atoms with Crippen LogP contribution in [0.5, 0.6) is 0 Å². The predicted molar refractivity (Wildman–Crippen MR) is 121 cm³/mol. The maximum atomic E-state index is 11.0. The van der Waals surface area contributed by atoms with E-state index in [1.54, 1.807) is 0 Å². The molecular weight excluding hydrogens is 348 g/mol. The van der Waals surface area contributed by atoms with E-state index in [4.69, 9.17) is 9.84 Å². The summed E-state index contributed by atoms with van der Waals surface area (Å²) in [7, 11) is 0. The topological polar surface area (TPSA) is 46.5 Å². The van der Waals surface area contributed by atoms with Crippen LogP contribution in [-0.2, 0) is 9.53 Å². The molecule has 0 aromatic heterocycles. The van der Waals surface area contributed by atoms with Crippen molar-refractivity contribution in [1.82, 2.24) is 0 Å². The lowest BCUT2D eigenvalue weighted by Gasteiger charge is -2.04. The van der Waals surface area contributed by atoms with Crippen molar-refractivity contribution >= 4 is 5.97 Å². The lowest BCUT2D eigenvalue weighted by Crippen LogP contribution is -2.07. The van der Waals surface area contributed by atoms with Crippen molar-refractivity contribution in [3.05, 3.63) is 12.3 Å². The highest BCUT2D eigenvalue weighted by atomic mass is 16.5.